The molecule has 0 aromatic heterocycles. The van der Waals surface area contributed by atoms with Gasteiger partial charge in [-0.2, -0.15) is 0 Å². The Morgan fingerprint density at radius 2 is 2.20 bits per heavy atom. The van der Waals surface area contributed by atoms with Crippen molar-refractivity contribution in [1.29, 1.82) is 0 Å². The molecule has 2 nitrogen and oxygen atoms in total. The smallest absolute Gasteiger partial charge is 0.0502 e. The second kappa shape index (κ2) is 5.50. The van der Waals surface area contributed by atoms with E-state index in [-0.39, 0.29) is 12.0 Å². The number of nitrogens with two attached hydrogens (primary N) is 1. The minimum atomic E-state index is -0.204. The number of aliphatic hydroxyl groups excluding tert-OH is 1. The molecule has 1 atom stereocenters. The van der Waals surface area contributed by atoms with E-state index in [0.29, 0.717) is 6.54 Å². The summed E-state index contributed by atoms with van der Waals surface area (Å²) < 4.78 is 0. The Kier molecular flexibility index (Phi) is 4.58. The molecule has 0 fully saturated rings. The number of halogens is 1. The van der Waals surface area contributed by atoms with E-state index in [1.807, 2.05) is 31.2 Å². The van der Waals surface area contributed by atoms with Gasteiger partial charge in [0, 0.05) is 17.0 Å². The first-order valence-electron chi connectivity index (χ1n) is 5.21. The van der Waals surface area contributed by atoms with Gasteiger partial charge in [-0.25, -0.2) is 0 Å². The Labute approximate surface area is 96.1 Å². The van der Waals surface area contributed by atoms with Crippen molar-refractivity contribution in [3.8, 4) is 0 Å². The molecule has 3 heteroatoms. The summed E-state index contributed by atoms with van der Waals surface area (Å²) in [7, 11) is 0. The van der Waals surface area contributed by atoms with Gasteiger partial charge in [-0.05, 0) is 30.5 Å². The van der Waals surface area contributed by atoms with Crippen LogP contribution in [0.3, 0.4) is 0 Å². The van der Waals surface area contributed by atoms with Crippen LogP contribution in [0, 0.1) is 5.41 Å². The maximum atomic E-state index is 9.39. The molecule has 0 saturated heterocycles. The monoisotopic (exact) mass is 227 g/mol. The lowest BCUT2D eigenvalue weighted by molar-refractivity contribution is 0.127. The minimum Gasteiger partial charge on any atom is -0.396 e. The molecular weight excluding hydrogens is 210 g/mol. The molecule has 0 radical (unpaired) electrons. The maximum Gasteiger partial charge on any atom is 0.0502 e. The summed E-state index contributed by atoms with van der Waals surface area (Å²) in [5, 5.41) is 10.1. The predicted molar refractivity (Wildman–Crippen MR) is 64.0 cm³/mol. The fourth-order valence-electron chi connectivity index (χ4n) is 1.65. The number of aliphatic hydroxyl groups is 1. The third-order valence-corrected chi connectivity index (χ3v) is 3.22. The van der Waals surface area contributed by atoms with E-state index < -0.39 is 0 Å². The minimum absolute atomic E-state index is 0.118. The van der Waals surface area contributed by atoms with Crippen LogP contribution in [0.25, 0.3) is 0 Å². The van der Waals surface area contributed by atoms with E-state index in [1.165, 1.54) is 0 Å². The molecular formula is C12H18ClNO. The molecule has 1 aromatic rings. The second-order valence-electron chi connectivity index (χ2n) is 4.02. The van der Waals surface area contributed by atoms with Crippen LogP contribution in [-0.4, -0.2) is 18.3 Å². The molecule has 1 unspecified atom stereocenters. The number of benzene rings is 1. The van der Waals surface area contributed by atoms with Crippen molar-refractivity contribution >= 4 is 11.6 Å². The van der Waals surface area contributed by atoms with Crippen molar-refractivity contribution in [2.45, 2.75) is 19.8 Å². The number of rotatable bonds is 5. The lowest BCUT2D eigenvalue weighted by Crippen LogP contribution is -2.35. The van der Waals surface area contributed by atoms with E-state index in [1.54, 1.807) is 0 Å². The van der Waals surface area contributed by atoms with Crippen molar-refractivity contribution in [3.05, 3.63) is 34.9 Å². The van der Waals surface area contributed by atoms with Gasteiger partial charge in [0.1, 0.15) is 0 Å². The fourth-order valence-corrected chi connectivity index (χ4v) is 1.87. The summed E-state index contributed by atoms with van der Waals surface area (Å²) in [4.78, 5) is 0. The molecule has 0 amide bonds. The van der Waals surface area contributed by atoms with E-state index >= 15 is 0 Å². The first kappa shape index (κ1) is 12.5. The summed E-state index contributed by atoms with van der Waals surface area (Å²) in [5.74, 6) is 0. The standard InChI is InChI=1S/C12H18ClNO/c1-2-12(8-14,9-15)7-10-4-3-5-11(13)6-10/h3-6,15H,2,7-9,14H2,1H3. The zero-order valence-corrected chi connectivity index (χ0v) is 9.80. The van der Waals surface area contributed by atoms with Gasteiger partial charge in [-0.15, -0.1) is 0 Å². The molecule has 84 valence electrons. The van der Waals surface area contributed by atoms with Crippen LogP contribution in [0.15, 0.2) is 24.3 Å². The molecule has 15 heavy (non-hydrogen) atoms. The molecule has 3 N–H and O–H groups in total. The zero-order valence-electron chi connectivity index (χ0n) is 9.04. The van der Waals surface area contributed by atoms with Crippen molar-refractivity contribution in [2.24, 2.45) is 11.1 Å². The van der Waals surface area contributed by atoms with Gasteiger partial charge in [0.05, 0.1) is 6.61 Å². The highest BCUT2D eigenvalue weighted by atomic mass is 35.5. The Bertz CT molecular complexity index is 302. The average molecular weight is 228 g/mol. The van der Waals surface area contributed by atoms with E-state index in [0.717, 1.165) is 23.4 Å². The fraction of sp³-hybridized carbons (Fsp3) is 0.500. The largest absolute Gasteiger partial charge is 0.396 e. The summed E-state index contributed by atoms with van der Waals surface area (Å²) in [6.45, 7) is 2.66. The molecule has 0 bridgehead atoms. The third-order valence-electron chi connectivity index (χ3n) is 2.99. The zero-order chi connectivity index (χ0) is 11.3. The highest BCUT2D eigenvalue weighted by Crippen LogP contribution is 2.26. The molecule has 0 heterocycles. The average Bonchev–Trinajstić information content (AvgIpc) is 2.26. The predicted octanol–water partition coefficient (Wildman–Crippen LogP) is 2.23. The van der Waals surface area contributed by atoms with Gasteiger partial charge in [-0.1, -0.05) is 30.7 Å². The third kappa shape index (κ3) is 3.20. The summed E-state index contributed by atoms with van der Waals surface area (Å²) in [6, 6.07) is 7.71. The maximum absolute atomic E-state index is 9.39. The van der Waals surface area contributed by atoms with Crippen LogP contribution in [0.5, 0.6) is 0 Å². The van der Waals surface area contributed by atoms with Crippen LogP contribution < -0.4 is 5.73 Å². The Balaban J connectivity index is 2.82. The van der Waals surface area contributed by atoms with E-state index in [2.05, 4.69) is 0 Å². The van der Waals surface area contributed by atoms with Crippen LogP contribution >= 0.6 is 11.6 Å². The first-order chi connectivity index (χ1) is 7.15. The molecule has 0 aliphatic heterocycles. The SMILES string of the molecule is CCC(CN)(CO)Cc1cccc(Cl)c1. The lowest BCUT2D eigenvalue weighted by atomic mass is 9.80. The normalized spacial score (nSPS) is 14.9. The van der Waals surface area contributed by atoms with Gasteiger partial charge in [-0.3, -0.25) is 0 Å². The van der Waals surface area contributed by atoms with Crippen LogP contribution in [0.2, 0.25) is 5.02 Å². The van der Waals surface area contributed by atoms with Crippen molar-refractivity contribution < 1.29 is 5.11 Å². The van der Waals surface area contributed by atoms with Crippen LogP contribution in [-0.2, 0) is 6.42 Å². The number of hydrogen-bond donors (Lipinski definition) is 2. The van der Waals surface area contributed by atoms with E-state index in [9.17, 15) is 5.11 Å². The van der Waals surface area contributed by atoms with Gasteiger partial charge in [0.25, 0.3) is 0 Å². The summed E-state index contributed by atoms with van der Waals surface area (Å²) in [6.07, 6.45) is 1.64. The lowest BCUT2D eigenvalue weighted by Gasteiger charge is -2.29. The van der Waals surface area contributed by atoms with Crippen LogP contribution in [0.4, 0.5) is 0 Å². The molecule has 0 spiro atoms. The molecule has 0 aliphatic carbocycles. The first-order valence-corrected chi connectivity index (χ1v) is 5.59. The highest BCUT2D eigenvalue weighted by molar-refractivity contribution is 6.30. The highest BCUT2D eigenvalue weighted by Gasteiger charge is 2.25. The summed E-state index contributed by atoms with van der Waals surface area (Å²) >= 11 is 5.91. The van der Waals surface area contributed by atoms with E-state index in [4.69, 9.17) is 17.3 Å². The second-order valence-corrected chi connectivity index (χ2v) is 4.46. The van der Waals surface area contributed by atoms with Crippen molar-refractivity contribution in [1.82, 2.24) is 0 Å². The van der Waals surface area contributed by atoms with Gasteiger partial charge >= 0.3 is 0 Å². The van der Waals surface area contributed by atoms with Crippen molar-refractivity contribution in [3.63, 3.8) is 0 Å². The van der Waals surface area contributed by atoms with Crippen molar-refractivity contribution in [2.75, 3.05) is 13.2 Å². The van der Waals surface area contributed by atoms with Gasteiger partial charge in [0.15, 0.2) is 0 Å². The topological polar surface area (TPSA) is 46.2 Å². The van der Waals surface area contributed by atoms with Crippen LogP contribution in [0.1, 0.15) is 18.9 Å². The molecule has 1 aromatic carbocycles. The van der Waals surface area contributed by atoms with Gasteiger partial charge < -0.3 is 10.8 Å². The quantitative estimate of drug-likeness (QED) is 0.811. The van der Waals surface area contributed by atoms with Gasteiger partial charge in [0.2, 0.25) is 0 Å². The summed E-state index contributed by atoms with van der Waals surface area (Å²) in [5.41, 5.74) is 6.65. The molecule has 1 rings (SSSR count). The molecule has 0 aliphatic rings. The Hall–Kier alpha value is -0.570. The Morgan fingerprint density at radius 3 is 2.67 bits per heavy atom. The number of hydrogen-bond acceptors (Lipinski definition) is 2. The molecule has 0 saturated carbocycles. The Morgan fingerprint density at radius 1 is 1.47 bits per heavy atom.